The number of hydrogen-bond acceptors (Lipinski definition) is 3. The fourth-order valence-electron chi connectivity index (χ4n) is 1.18. The van der Waals surface area contributed by atoms with Gasteiger partial charge in [0.1, 0.15) is 6.04 Å². The molecule has 82 valence electrons. The zero-order chi connectivity index (χ0) is 11.3. The second-order valence-corrected chi connectivity index (χ2v) is 3.59. The first-order valence-electron chi connectivity index (χ1n) is 4.68. The van der Waals surface area contributed by atoms with Gasteiger partial charge in [-0.05, 0) is 12.3 Å². The molecular formula is C9H18N2O3. The van der Waals surface area contributed by atoms with Crippen LogP contribution in [0.1, 0.15) is 27.2 Å². The van der Waals surface area contributed by atoms with E-state index in [-0.39, 0.29) is 5.92 Å². The maximum absolute atomic E-state index is 11.0. The molecule has 1 amide bonds. The summed E-state index contributed by atoms with van der Waals surface area (Å²) in [5.41, 5.74) is 5.15. The van der Waals surface area contributed by atoms with Crippen molar-refractivity contribution in [1.29, 1.82) is 0 Å². The Bertz CT molecular complexity index is 216. The highest BCUT2D eigenvalue weighted by atomic mass is 16.4. The summed E-state index contributed by atoms with van der Waals surface area (Å²) in [5, 5.41) is 11.5. The van der Waals surface area contributed by atoms with Crippen LogP contribution in [-0.2, 0) is 9.59 Å². The Labute approximate surface area is 83.7 Å². The van der Waals surface area contributed by atoms with E-state index in [0.29, 0.717) is 6.42 Å². The summed E-state index contributed by atoms with van der Waals surface area (Å²) in [6, 6.07) is -1.30. The van der Waals surface area contributed by atoms with Gasteiger partial charge in [-0.25, -0.2) is 0 Å². The largest absolute Gasteiger partial charge is 0.480 e. The van der Waals surface area contributed by atoms with Crippen molar-refractivity contribution in [3.05, 3.63) is 0 Å². The Balaban J connectivity index is 4.41. The Morgan fingerprint density at radius 2 is 1.93 bits per heavy atom. The second-order valence-electron chi connectivity index (χ2n) is 3.59. The van der Waals surface area contributed by atoms with Crippen LogP contribution in [0.3, 0.4) is 0 Å². The number of carbonyl (C=O) groups excluding carboxylic acids is 1. The zero-order valence-corrected chi connectivity index (χ0v) is 8.78. The van der Waals surface area contributed by atoms with Crippen molar-refractivity contribution in [3.63, 3.8) is 0 Å². The first-order valence-corrected chi connectivity index (χ1v) is 4.68. The highest BCUT2D eigenvalue weighted by molar-refractivity contribution is 5.81. The van der Waals surface area contributed by atoms with Crippen LogP contribution < -0.4 is 11.1 Å². The Hall–Kier alpha value is -1.10. The van der Waals surface area contributed by atoms with Gasteiger partial charge in [0.2, 0.25) is 5.91 Å². The van der Waals surface area contributed by atoms with Gasteiger partial charge < -0.3 is 10.8 Å². The minimum Gasteiger partial charge on any atom is -0.480 e. The summed E-state index contributed by atoms with van der Waals surface area (Å²) in [7, 11) is 0. The standard InChI is InChI=1S/C9H18N2O3/c1-4-6(9(13)14)11-7(5(2)3)8(10)12/h5-7,11H,4H2,1-3H3,(H2,10,12)(H,13,14). The maximum atomic E-state index is 11.0. The van der Waals surface area contributed by atoms with E-state index >= 15 is 0 Å². The first kappa shape index (κ1) is 12.9. The van der Waals surface area contributed by atoms with E-state index in [2.05, 4.69) is 5.32 Å². The maximum Gasteiger partial charge on any atom is 0.320 e. The Kier molecular flexibility index (Phi) is 5.15. The molecule has 0 aliphatic carbocycles. The number of nitrogens with two attached hydrogens (primary N) is 1. The van der Waals surface area contributed by atoms with Crippen LogP contribution in [0.25, 0.3) is 0 Å². The third-order valence-corrected chi connectivity index (χ3v) is 2.06. The van der Waals surface area contributed by atoms with E-state index < -0.39 is 24.0 Å². The number of primary amides is 1. The molecular weight excluding hydrogens is 184 g/mol. The minimum atomic E-state index is -0.959. The smallest absolute Gasteiger partial charge is 0.320 e. The van der Waals surface area contributed by atoms with Crippen molar-refractivity contribution in [2.75, 3.05) is 0 Å². The van der Waals surface area contributed by atoms with Crippen LogP contribution in [0.4, 0.5) is 0 Å². The lowest BCUT2D eigenvalue weighted by atomic mass is 10.0. The summed E-state index contributed by atoms with van der Waals surface area (Å²) < 4.78 is 0. The van der Waals surface area contributed by atoms with Crippen LogP contribution in [0.15, 0.2) is 0 Å². The van der Waals surface area contributed by atoms with Gasteiger partial charge in [0, 0.05) is 0 Å². The third-order valence-electron chi connectivity index (χ3n) is 2.06. The number of carboxylic acids is 1. The summed E-state index contributed by atoms with van der Waals surface area (Å²) in [4.78, 5) is 21.7. The van der Waals surface area contributed by atoms with E-state index in [1.165, 1.54) is 0 Å². The number of carboxylic acid groups (broad SMARTS) is 1. The molecule has 0 aliphatic heterocycles. The lowest BCUT2D eigenvalue weighted by molar-refractivity contribution is -0.140. The normalized spacial score (nSPS) is 15.1. The molecule has 5 nitrogen and oxygen atoms in total. The molecule has 0 aliphatic rings. The summed E-state index contributed by atoms with van der Waals surface area (Å²) in [5.74, 6) is -1.49. The van der Waals surface area contributed by atoms with Crippen LogP contribution in [0.5, 0.6) is 0 Å². The van der Waals surface area contributed by atoms with Gasteiger partial charge in [0.25, 0.3) is 0 Å². The van der Waals surface area contributed by atoms with E-state index in [9.17, 15) is 9.59 Å². The van der Waals surface area contributed by atoms with Gasteiger partial charge in [0.15, 0.2) is 0 Å². The van der Waals surface area contributed by atoms with Crippen molar-refractivity contribution in [1.82, 2.24) is 5.32 Å². The van der Waals surface area contributed by atoms with Crippen molar-refractivity contribution < 1.29 is 14.7 Å². The number of hydrogen-bond donors (Lipinski definition) is 3. The number of nitrogens with one attached hydrogen (secondary N) is 1. The average Bonchev–Trinajstić information content (AvgIpc) is 2.03. The molecule has 0 spiro atoms. The van der Waals surface area contributed by atoms with Gasteiger partial charge in [-0.15, -0.1) is 0 Å². The lowest BCUT2D eigenvalue weighted by Gasteiger charge is -2.22. The molecule has 0 saturated carbocycles. The molecule has 2 atom stereocenters. The molecule has 0 heterocycles. The van der Waals surface area contributed by atoms with Gasteiger partial charge in [0.05, 0.1) is 6.04 Å². The number of rotatable bonds is 6. The molecule has 2 unspecified atom stereocenters. The molecule has 0 fully saturated rings. The molecule has 14 heavy (non-hydrogen) atoms. The topological polar surface area (TPSA) is 92.4 Å². The van der Waals surface area contributed by atoms with Gasteiger partial charge >= 0.3 is 5.97 Å². The van der Waals surface area contributed by atoms with E-state index in [1.807, 2.05) is 13.8 Å². The van der Waals surface area contributed by atoms with Gasteiger partial charge in [-0.2, -0.15) is 0 Å². The van der Waals surface area contributed by atoms with Gasteiger partial charge in [-0.1, -0.05) is 20.8 Å². The average molecular weight is 202 g/mol. The molecule has 4 N–H and O–H groups in total. The molecule has 0 rings (SSSR count). The van der Waals surface area contributed by atoms with Gasteiger partial charge in [-0.3, -0.25) is 14.9 Å². The Morgan fingerprint density at radius 1 is 1.43 bits per heavy atom. The quantitative estimate of drug-likeness (QED) is 0.563. The molecule has 0 aromatic rings. The molecule has 0 radical (unpaired) electrons. The summed E-state index contributed by atoms with van der Waals surface area (Å²) >= 11 is 0. The summed E-state index contributed by atoms with van der Waals surface area (Å²) in [6.07, 6.45) is 0.422. The molecule has 5 heteroatoms. The second kappa shape index (κ2) is 5.59. The highest BCUT2D eigenvalue weighted by Gasteiger charge is 2.25. The predicted octanol–water partition coefficient (Wildman–Crippen LogP) is -0.0509. The molecule has 0 aromatic carbocycles. The zero-order valence-electron chi connectivity index (χ0n) is 8.78. The monoisotopic (exact) mass is 202 g/mol. The minimum absolute atomic E-state index is 0.0131. The molecule has 0 aromatic heterocycles. The van der Waals surface area contributed by atoms with Crippen LogP contribution in [0, 0.1) is 5.92 Å². The first-order chi connectivity index (χ1) is 6.40. The number of aliphatic carboxylic acids is 1. The molecule has 0 bridgehead atoms. The van der Waals surface area contributed by atoms with Crippen LogP contribution >= 0.6 is 0 Å². The van der Waals surface area contributed by atoms with Crippen LogP contribution in [-0.4, -0.2) is 29.1 Å². The SMILES string of the molecule is CCC(NC(C(N)=O)C(C)C)C(=O)O. The number of carbonyl (C=O) groups is 2. The summed E-state index contributed by atoms with van der Waals surface area (Å²) in [6.45, 7) is 5.37. The number of amides is 1. The van der Waals surface area contributed by atoms with Crippen molar-refractivity contribution in [2.45, 2.75) is 39.3 Å². The fraction of sp³-hybridized carbons (Fsp3) is 0.778. The van der Waals surface area contributed by atoms with Crippen molar-refractivity contribution >= 4 is 11.9 Å². The van der Waals surface area contributed by atoms with E-state index in [1.54, 1.807) is 6.92 Å². The van der Waals surface area contributed by atoms with Crippen molar-refractivity contribution in [3.8, 4) is 0 Å². The fourth-order valence-corrected chi connectivity index (χ4v) is 1.18. The third kappa shape index (κ3) is 3.74. The van der Waals surface area contributed by atoms with E-state index in [0.717, 1.165) is 0 Å². The Morgan fingerprint density at radius 3 is 2.14 bits per heavy atom. The molecule has 0 saturated heterocycles. The highest BCUT2D eigenvalue weighted by Crippen LogP contribution is 2.03. The lowest BCUT2D eigenvalue weighted by Crippen LogP contribution is -2.51. The van der Waals surface area contributed by atoms with E-state index in [4.69, 9.17) is 10.8 Å². The predicted molar refractivity (Wildman–Crippen MR) is 52.7 cm³/mol. The van der Waals surface area contributed by atoms with Crippen molar-refractivity contribution in [2.24, 2.45) is 11.7 Å². The van der Waals surface area contributed by atoms with Crippen LogP contribution in [0.2, 0.25) is 0 Å².